The van der Waals surface area contributed by atoms with Crippen LogP contribution in [0.5, 0.6) is 0 Å². The zero-order valence-electron chi connectivity index (χ0n) is 49.3. The first kappa shape index (κ1) is 71.3. The fourth-order valence-electron chi connectivity index (χ4n) is 8.90. The number of carbonyl (C=O) groups is 3. The van der Waals surface area contributed by atoms with Crippen LogP contribution in [0, 0.1) is 0 Å². The van der Waals surface area contributed by atoms with E-state index in [1.165, 1.54) is 148 Å². The van der Waals surface area contributed by atoms with Gasteiger partial charge in [-0.1, -0.05) is 285 Å². The van der Waals surface area contributed by atoms with E-state index in [-0.39, 0.29) is 31.1 Å². The largest absolute Gasteiger partial charge is 0.462 e. The van der Waals surface area contributed by atoms with Crippen LogP contribution in [0.15, 0.2) is 97.2 Å². The maximum Gasteiger partial charge on any atom is 0.306 e. The smallest absolute Gasteiger partial charge is 0.306 e. The van der Waals surface area contributed by atoms with Crippen molar-refractivity contribution in [3.63, 3.8) is 0 Å². The molecule has 0 aromatic rings. The minimum atomic E-state index is -0.795. The summed E-state index contributed by atoms with van der Waals surface area (Å²) in [6.07, 6.45) is 84.1. The van der Waals surface area contributed by atoms with Crippen molar-refractivity contribution in [3.8, 4) is 0 Å². The molecule has 0 amide bonds. The van der Waals surface area contributed by atoms with Gasteiger partial charge in [-0.2, -0.15) is 0 Å². The van der Waals surface area contributed by atoms with Crippen molar-refractivity contribution in [1.29, 1.82) is 0 Å². The highest BCUT2D eigenvalue weighted by Crippen LogP contribution is 2.17. The Morgan fingerprint density at radius 1 is 0.280 bits per heavy atom. The fraction of sp³-hybridized carbons (Fsp3) is 0.725. The summed E-state index contributed by atoms with van der Waals surface area (Å²) in [5, 5.41) is 0. The lowest BCUT2D eigenvalue weighted by atomic mass is 10.0. The van der Waals surface area contributed by atoms with Crippen molar-refractivity contribution < 1.29 is 28.6 Å². The Bertz CT molecular complexity index is 1480. The molecule has 0 rings (SSSR count). The maximum absolute atomic E-state index is 12.9. The van der Waals surface area contributed by atoms with Crippen LogP contribution in [0.25, 0.3) is 0 Å². The number of allylic oxidation sites excluding steroid dienone is 16. The standard InChI is InChI=1S/C69H118O6/c1-4-7-10-13-16-19-22-25-28-31-34-37-40-43-46-49-52-55-58-61-67(70)73-64-66(75-69(72)63-60-57-54-51-48-45-42-39-36-33-30-27-24-21-18-15-12-9-6-3)65-74-68(71)62-59-56-53-50-47-44-41-38-35-32-29-26-23-20-17-14-11-8-5-2/h7,9-10,12,16,18-19,21,25,27-28,30,34,37,43,46,66H,4-6,8,11,13-15,17,20,22-24,26,29,31-33,35-36,38-42,44-45,47-65H2,1-3H3/b10-7-,12-9-,19-16-,21-18-,28-25-,30-27-,37-34-,46-43-. The van der Waals surface area contributed by atoms with Gasteiger partial charge in [0, 0.05) is 19.3 Å². The molecule has 6 heteroatoms. The molecule has 0 aliphatic rings. The van der Waals surface area contributed by atoms with Gasteiger partial charge in [0.05, 0.1) is 0 Å². The number of hydrogen-bond donors (Lipinski definition) is 0. The lowest BCUT2D eigenvalue weighted by Gasteiger charge is -2.18. The summed E-state index contributed by atoms with van der Waals surface area (Å²) in [6.45, 7) is 6.42. The van der Waals surface area contributed by atoms with Crippen LogP contribution in [-0.2, 0) is 28.6 Å². The number of hydrogen-bond acceptors (Lipinski definition) is 6. The Labute approximate surface area is 464 Å². The third kappa shape index (κ3) is 61.1. The molecule has 0 aromatic carbocycles. The number of esters is 3. The first-order chi connectivity index (χ1) is 37.0. The topological polar surface area (TPSA) is 78.9 Å². The quantitative estimate of drug-likeness (QED) is 0.0261. The molecule has 0 fully saturated rings. The van der Waals surface area contributed by atoms with Crippen molar-refractivity contribution in [2.45, 2.75) is 309 Å². The predicted molar refractivity (Wildman–Crippen MR) is 325 cm³/mol. The van der Waals surface area contributed by atoms with Crippen LogP contribution in [0.4, 0.5) is 0 Å². The van der Waals surface area contributed by atoms with E-state index in [4.69, 9.17) is 14.2 Å². The highest BCUT2D eigenvalue weighted by Gasteiger charge is 2.19. The van der Waals surface area contributed by atoms with Gasteiger partial charge in [0.25, 0.3) is 0 Å². The van der Waals surface area contributed by atoms with E-state index in [0.717, 1.165) is 116 Å². The Balaban J connectivity index is 4.43. The molecule has 0 N–H and O–H groups in total. The SMILES string of the molecule is CC/C=C\C/C=C\C/C=C\C/C=C\C/C=C\CCCCCC(=O)OCC(COC(=O)CCCCCCCCCCCCCCCCCCCCC)OC(=O)CCCCCCCCCCC/C=C\C/C=C\C/C=C\CC. The molecule has 75 heavy (non-hydrogen) atoms. The average molecular weight is 1040 g/mol. The highest BCUT2D eigenvalue weighted by molar-refractivity contribution is 5.71. The van der Waals surface area contributed by atoms with Crippen LogP contribution in [-0.4, -0.2) is 37.2 Å². The van der Waals surface area contributed by atoms with Crippen molar-refractivity contribution in [1.82, 2.24) is 0 Å². The Hall–Kier alpha value is -3.67. The second-order valence-electron chi connectivity index (χ2n) is 20.9. The summed E-state index contributed by atoms with van der Waals surface area (Å²) >= 11 is 0. The summed E-state index contributed by atoms with van der Waals surface area (Å²) in [6, 6.07) is 0. The number of ether oxygens (including phenoxy) is 3. The Morgan fingerprint density at radius 3 is 0.827 bits per heavy atom. The van der Waals surface area contributed by atoms with Crippen LogP contribution >= 0.6 is 0 Å². The van der Waals surface area contributed by atoms with Crippen molar-refractivity contribution >= 4 is 17.9 Å². The normalized spacial score (nSPS) is 12.7. The first-order valence-corrected chi connectivity index (χ1v) is 31.7. The van der Waals surface area contributed by atoms with E-state index in [0.29, 0.717) is 19.3 Å². The summed E-state index contributed by atoms with van der Waals surface area (Å²) in [4.78, 5) is 38.3. The van der Waals surface area contributed by atoms with Gasteiger partial charge in [-0.05, 0) is 96.3 Å². The van der Waals surface area contributed by atoms with E-state index in [2.05, 4.69) is 118 Å². The third-order valence-corrected chi connectivity index (χ3v) is 13.6. The van der Waals surface area contributed by atoms with Gasteiger partial charge in [-0.15, -0.1) is 0 Å². The minimum absolute atomic E-state index is 0.0882. The molecule has 6 nitrogen and oxygen atoms in total. The van der Waals surface area contributed by atoms with E-state index in [1.54, 1.807) is 0 Å². The predicted octanol–water partition coefficient (Wildman–Crippen LogP) is 21.7. The van der Waals surface area contributed by atoms with Crippen LogP contribution in [0.3, 0.4) is 0 Å². The van der Waals surface area contributed by atoms with Gasteiger partial charge >= 0.3 is 17.9 Å². The van der Waals surface area contributed by atoms with Crippen LogP contribution in [0.1, 0.15) is 303 Å². The van der Waals surface area contributed by atoms with Gasteiger partial charge in [0.15, 0.2) is 6.10 Å². The zero-order chi connectivity index (χ0) is 54.3. The lowest BCUT2D eigenvalue weighted by molar-refractivity contribution is -0.167. The summed E-state index contributed by atoms with van der Waals surface area (Å²) < 4.78 is 16.9. The van der Waals surface area contributed by atoms with Gasteiger partial charge in [-0.3, -0.25) is 14.4 Å². The molecule has 0 aliphatic carbocycles. The molecule has 1 atom stereocenters. The highest BCUT2D eigenvalue weighted by atomic mass is 16.6. The van der Waals surface area contributed by atoms with E-state index in [1.807, 2.05) is 0 Å². The van der Waals surface area contributed by atoms with E-state index < -0.39 is 6.10 Å². The minimum Gasteiger partial charge on any atom is -0.462 e. The molecule has 0 aromatic heterocycles. The molecule has 430 valence electrons. The first-order valence-electron chi connectivity index (χ1n) is 31.7. The van der Waals surface area contributed by atoms with Crippen molar-refractivity contribution in [3.05, 3.63) is 97.2 Å². The molecule has 0 saturated heterocycles. The monoisotopic (exact) mass is 1040 g/mol. The Morgan fingerprint density at radius 2 is 0.520 bits per heavy atom. The van der Waals surface area contributed by atoms with Gasteiger partial charge < -0.3 is 14.2 Å². The molecule has 0 radical (unpaired) electrons. The average Bonchev–Trinajstić information content (AvgIpc) is 3.41. The van der Waals surface area contributed by atoms with E-state index in [9.17, 15) is 14.4 Å². The molecule has 1 unspecified atom stereocenters. The number of carbonyl (C=O) groups excluding carboxylic acids is 3. The second-order valence-corrected chi connectivity index (χ2v) is 20.9. The van der Waals surface area contributed by atoms with Gasteiger partial charge in [0.1, 0.15) is 13.2 Å². The number of unbranched alkanes of at least 4 members (excludes halogenated alkanes) is 30. The molecule has 0 aliphatic heterocycles. The maximum atomic E-state index is 12.9. The summed E-state index contributed by atoms with van der Waals surface area (Å²) in [5.41, 5.74) is 0. The van der Waals surface area contributed by atoms with Crippen molar-refractivity contribution in [2.24, 2.45) is 0 Å². The van der Waals surface area contributed by atoms with Gasteiger partial charge in [-0.25, -0.2) is 0 Å². The molecular formula is C69H118O6. The third-order valence-electron chi connectivity index (χ3n) is 13.6. The molecule has 0 bridgehead atoms. The number of rotatable bonds is 57. The molecular weight excluding hydrogens is 925 g/mol. The summed E-state index contributed by atoms with van der Waals surface area (Å²) in [5.74, 6) is -0.915. The second kappa shape index (κ2) is 62.9. The van der Waals surface area contributed by atoms with E-state index >= 15 is 0 Å². The van der Waals surface area contributed by atoms with Crippen molar-refractivity contribution in [2.75, 3.05) is 13.2 Å². The van der Waals surface area contributed by atoms with Gasteiger partial charge in [0.2, 0.25) is 0 Å². The lowest BCUT2D eigenvalue weighted by Crippen LogP contribution is -2.30. The zero-order valence-corrected chi connectivity index (χ0v) is 49.3. The fourth-order valence-corrected chi connectivity index (χ4v) is 8.90. The molecule has 0 saturated carbocycles. The summed E-state index contributed by atoms with van der Waals surface area (Å²) in [7, 11) is 0. The Kier molecular flexibility index (Phi) is 59.8. The van der Waals surface area contributed by atoms with Crippen LogP contribution in [0.2, 0.25) is 0 Å². The molecule has 0 spiro atoms. The van der Waals surface area contributed by atoms with Crippen LogP contribution < -0.4 is 0 Å². The molecule has 0 heterocycles.